The van der Waals surface area contributed by atoms with Crippen LogP contribution < -0.4 is 10.5 Å². The van der Waals surface area contributed by atoms with Gasteiger partial charge in [-0.3, -0.25) is 14.8 Å². The summed E-state index contributed by atoms with van der Waals surface area (Å²) in [6.45, 7) is 1.65. The Labute approximate surface area is 117 Å². The fourth-order valence-electron chi connectivity index (χ4n) is 1.46. The predicted molar refractivity (Wildman–Crippen MR) is 73.0 cm³/mol. The molecule has 2 aromatic rings. The zero-order chi connectivity index (χ0) is 14.9. The summed E-state index contributed by atoms with van der Waals surface area (Å²) in [5, 5.41) is 18.8. The Hall–Kier alpha value is -2.27. The number of anilines is 2. The molecule has 0 aliphatic rings. The molecule has 0 bridgehead atoms. The number of nitrogen functional groups attached to an aromatic ring is 1. The van der Waals surface area contributed by atoms with Crippen LogP contribution in [0.25, 0.3) is 0 Å². The lowest BCUT2D eigenvalue weighted by Gasteiger charge is -2.06. The minimum Gasteiger partial charge on any atom is -0.393 e. The van der Waals surface area contributed by atoms with E-state index in [-0.39, 0.29) is 10.8 Å². The lowest BCUT2D eigenvalue weighted by Crippen LogP contribution is -2.15. The summed E-state index contributed by atoms with van der Waals surface area (Å²) in [6.07, 6.45) is 0. The van der Waals surface area contributed by atoms with Crippen molar-refractivity contribution in [1.82, 2.24) is 10.2 Å². The molecule has 9 nitrogen and oxygen atoms in total. The highest BCUT2D eigenvalue weighted by Gasteiger charge is 2.28. The number of aryl methyl sites for hydroxylation is 1. The van der Waals surface area contributed by atoms with E-state index in [0.29, 0.717) is 5.01 Å². The fourth-order valence-corrected chi connectivity index (χ4v) is 3.48. The van der Waals surface area contributed by atoms with Gasteiger partial charge in [0.2, 0.25) is 5.13 Å². The number of benzene rings is 1. The lowest BCUT2D eigenvalue weighted by atomic mass is 10.3. The van der Waals surface area contributed by atoms with Gasteiger partial charge in [0.15, 0.2) is 4.90 Å². The van der Waals surface area contributed by atoms with E-state index in [0.717, 1.165) is 17.4 Å². The molecular weight excluding hydrogens is 306 g/mol. The lowest BCUT2D eigenvalue weighted by molar-refractivity contribution is -0.386. The third-order valence-corrected chi connectivity index (χ3v) is 4.50. The van der Waals surface area contributed by atoms with Crippen molar-refractivity contribution in [3.05, 3.63) is 33.3 Å². The number of hydrogen-bond donors (Lipinski definition) is 2. The number of nitrogens with one attached hydrogen (secondary N) is 1. The molecule has 2 rings (SSSR count). The van der Waals surface area contributed by atoms with Crippen molar-refractivity contribution >= 4 is 37.9 Å². The predicted octanol–water partition coefficient (Wildman–Crippen LogP) is 1.14. The molecule has 0 saturated carbocycles. The second kappa shape index (κ2) is 5.02. The van der Waals surface area contributed by atoms with Crippen molar-refractivity contribution in [1.29, 1.82) is 0 Å². The molecule has 1 aromatic heterocycles. The molecule has 0 fully saturated rings. The average Bonchev–Trinajstić information content (AvgIpc) is 2.73. The smallest absolute Gasteiger partial charge is 0.312 e. The van der Waals surface area contributed by atoms with E-state index in [4.69, 9.17) is 5.73 Å². The molecule has 0 saturated heterocycles. The first-order valence-electron chi connectivity index (χ1n) is 5.17. The largest absolute Gasteiger partial charge is 0.393 e. The van der Waals surface area contributed by atoms with E-state index < -0.39 is 25.5 Å². The summed E-state index contributed by atoms with van der Waals surface area (Å²) in [5.74, 6) is 0. The van der Waals surface area contributed by atoms with Crippen LogP contribution in [0, 0.1) is 17.0 Å². The van der Waals surface area contributed by atoms with Crippen LogP contribution >= 0.6 is 11.3 Å². The Morgan fingerprint density at radius 3 is 2.65 bits per heavy atom. The van der Waals surface area contributed by atoms with Crippen LogP contribution in [-0.2, 0) is 10.0 Å². The Bertz CT molecular complexity index is 770. The van der Waals surface area contributed by atoms with Crippen molar-refractivity contribution in [3.8, 4) is 0 Å². The number of nitrogens with two attached hydrogens (primary N) is 1. The summed E-state index contributed by atoms with van der Waals surface area (Å²) in [7, 11) is -4.16. The number of sulfonamides is 1. The van der Waals surface area contributed by atoms with Gasteiger partial charge < -0.3 is 5.73 Å². The zero-order valence-corrected chi connectivity index (χ0v) is 11.7. The van der Waals surface area contributed by atoms with Crippen LogP contribution in [0.15, 0.2) is 23.1 Å². The van der Waals surface area contributed by atoms with Crippen LogP contribution in [0.4, 0.5) is 16.5 Å². The number of hydrogen-bond acceptors (Lipinski definition) is 8. The van der Waals surface area contributed by atoms with Crippen molar-refractivity contribution < 1.29 is 13.3 Å². The third-order valence-electron chi connectivity index (χ3n) is 2.25. The molecule has 11 heteroatoms. The van der Waals surface area contributed by atoms with Gasteiger partial charge in [-0.05, 0) is 19.1 Å². The van der Waals surface area contributed by atoms with Gasteiger partial charge in [-0.15, -0.1) is 10.2 Å². The number of nitrogens with zero attached hydrogens (tertiary/aromatic N) is 3. The van der Waals surface area contributed by atoms with E-state index in [2.05, 4.69) is 14.9 Å². The maximum absolute atomic E-state index is 12.2. The van der Waals surface area contributed by atoms with E-state index in [1.165, 1.54) is 12.1 Å². The average molecular weight is 315 g/mol. The second-order valence-corrected chi connectivity index (χ2v) is 6.52. The van der Waals surface area contributed by atoms with E-state index in [9.17, 15) is 18.5 Å². The molecule has 0 aliphatic heterocycles. The van der Waals surface area contributed by atoms with Gasteiger partial charge in [0, 0.05) is 0 Å². The number of rotatable bonds is 4. The number of aromatic nitrogens is 2. The molecule has 106 valence electrons. The first-order valence-corrected chi connectivity index (χ1v) is 7.47. The standard InChI is InChI=1S/C9H9N5O4S2/c1-5-11-12-9(19-5)13-20(17,18)7-4-2-3-6(10)8(7)14(15)16/h2-4H,10H2,1H3,(H,12,13). The SMILES string of the molecule is Cc1nnc(NS(=O)(=O)c2cccc(N)c2[N+](=O)[O-])s1. The Morgan fingerprint density at radius 2 is 2.10 bits per heavy atom. The third kappa shape index (κ3) is 2.67. The number of para-hydroxylation sites is 1. The molecule has 0 atom stereocenters. The fraction of sp³-hybridized carbons (Fsp3) is 0.111. The van der Waals surface area contributed by atoms with Crippen LogP contribution in [-0.4, -0.2) is 23.5 Å². The van der Waals surface area contributed by atoms with Gasteiger partial charge >= 0.3 is 5.69 Å². The van der Waals surface area contributed by atoms with Gasteiger partial charge in [0.25, 0.3) is 10.0 Å². The summed E-state index contributed by atoms with van der Waals surface area (Å²) in [4.78, 5) is 9.60. The molecule has 3 N–H and O–H groups in total. The van der Waals surface area contributed by atoms with Crippen molar-refractivity contribution in [2.45, 2.75) is 11.8 Å². The summed E-state index contributed by atoms with van der Waals surface area (Å²) >= 11 is 1.01. The minimum atomic E-state index is -4.16. The molecular formula is C9H9N5O4S2. The van der Waals surface area contributed by atoms with Crippen LogP contribution in [0.1, 0.15) is 5.01 Å². The van der Waals surface area contributed by atoms with E-state index >= 15 is 0 Å². The molecule has 0 amide bonds. The quantitative estimate of drug-likeness (QED) is 0.489. The van der Waals surface area contributed by atoms with E-state index in [1.54, 1.807) is 6.92 Å². The normalized spacial score (nSPS) is 11.2. The summed E-state index contributed by atoms with van der Waals surface area (Å²) in [6, 6.07) is 3.68. The van der Waals surface area contributed by atoms with Crippen molar-refractivity contribution in [2.24, 2.45) is 0 Å². The molecule has 1 aromatic carbocycles. The number of nitro groups is 1. The van der Waals surface area contributed by atoms with Gasteiger partial charge in [0.05, 0.1) is 4.92 Å². The zero-order valence-electron chi connectivity index (χ0n) is 10.1. The van der Waals surface area contributed by atoms with Crippen LogP contribution in [0.5, 0.6) is 0 Å². The van der Waals surface area contributed by atoms with Gasteiger partial charge in [-0.25, -0.2) is 8.42 Å². The highest BCUT2D eigenvalue weighted by molar-refractivity contribution is 7.93. The highest BCUT2D eigenvalue weighted by Crippen LogP contribution is 2.31. The molecule has 0 radical (unpaired) electrons. The van der Waals surface area contributed by atoms with Crippen LogP contribution in [0.2, 0.25) is 0 Å². The Balaban J connectivity index is 2.50. The molecule has 20 heavy (non-hydrogen) atoms. The maximum Gasteiger partial charge on any atom is 0.312 e. The molecule has 1 heterocycles. The second-order valence-electron chi connectivity index (χ2n) is 3.68. The topological polar surface area (TPSA) is 141 Å². The summed E-state index contributed by atoms with van der Waals surface area (Å²) < 4.78 is 26.4. The van der Waals surface area contributed by atoms with Crippen LogP contribution in [0.3, 0.4) is 0 Å². The van der Waals surface area contributed by atoms with Crippen molar-refractivity contribution in [3.63, 3.8) is 0 Å². The van der Waals surface area contributed by atoms with Gasteiger partial charge in [-0.2, -0.15) is 0 Å². The first kappa shape index (κ1) is 14.1. The monoisotopic (exact) mass is 315 g/mol. The highest BCUT2D eigenvalue weighted by atomic mass is 32.2. The van der Waals surface area contributed by atoms with E-state index in [1.807, 2.05) is 0 Å². The molecule has 0 aliphatic carbocycles. The minimum absolute atomic E-state index is 0.0271. The summed E-state index contributed by atoms with van der Waals surface area (Å²) in [5.41, 5.74) is 4.56. The first-order chi connectivity index (χ1) is 9.31. The maximum atomic E-state index is 12.2. The molecule has 0 unspecified atom stereocenters. The van der Waals surface area contributed by atoms with Crippen molar-refractivity contribution in [2.75, 3.05) is 10.5 Å². The Morgan fingerprint density at radius 1 is 1.40 bits per heavy atom. The number of nitro benzene ring substituents is 1. The molecule has 0 spiro atoms. The van der Waals surface area contributed by atoms with Gasteiger partial charge in [-0.1, -0.05) is 17.4 Å². The van der Waals surface area contributed by atoms with Gasteiger partial charge in [0.1, 0.15) is 10.7 Å². The Kier molecular flexibility index (Phi) is 3.55.